The normalized spacial score (nSPS) is 11.3. The van der Waals surface area contributed by atoms with Crippen LogP contribution >= 0.6 is 11.6 Å². The molecule has 2 nitrogen and oxygen atoms in total. The van der Waals surface area contributed by atoms with Gasteiger partial charge in [0.15, 0.2) is 18.2 Å². The van der Waals surface area contributed by atoms with Gasteiger partial charge in [0.1, 0.15) is 0 Å². The van der Waals surface area contributed by atoms with Crippen molar-refractivity contribution in [3.8, 4) is 11.5 Å². The van der Waals surface area contributed by atoms with Gasteiger partial charge in [0, 0.05) is 5.88 Å². The molecule has 0 saturated heterocycles. The van der Waals surface area contributed by atoms with Gasteiger partial charge in [-0.25, -0.2) is 4.39 Å². The van der Waals surface area contributed by atoms with Crippen molar-refractivity contribution in [3.63, 3.8) is 0 Å². The van der Waals surface area contributed by atoms with Gasteiger partial charge in [-0.3, -0.25) is 0 Å². The molecule has 0 bridgehead atoms. The summed E-state index contributed by atoms with van der Waals surface area (Å²) < 4.78 is 46.3. The van der Waals surface area contributed by atoms with E-state index in [2.05, 4.69) is 4.74 Å². The molecule has 0 aromatic heterocycles. The summed E-state index contributed by atoms with van der Waals surface area (Å²) in [7, 11) is 1.30. The molecule has 1 rings (SSSR count). The second kappa shape index (κ2) is 5.30. The minimum absolute atomic E-state index is 0.0891. The summed E-state index contributed by atoms with van der Waals surface area (Å²) in [6.07, 6.45) is -3.85. The fourth-order valence-corrected chi connectivity index (χ4v) is 1.23. The minimum Gasteiger partial charge on any atom is -0.493 e. The van der Waals surface area contributed by atoms with E-state index in [-0.39, 0.29) is 17.4 Å². The molecule has 0 aliphatic rings. The van der Waals surface area contributed by atoms with Gasteiger partial charge in [0.2, 0.25) is 0 Å². The molecule has 0 amide bonds. The van der Waals surface area contributed by atoms with E-state index in [9.17, 15) is 13.2 Å². The van der Waals surface area contributed by atoms with Crippen LogP contribution in [0.5, 0.6) is 11.5 Å². The molecule has 0 heterocycles. The fourth-order valence-electron chi connectivity index (χ4n) is 1.07. The maximum Gasteiger partial charge on any atom is 0.427 e. The lowest BCUT2D eigenvalue weighted by molar-refractivity contribution is -0.187. The molecule has 0 aliphatic carbocycles. The highest BCUT2D eigenvalue weighted by Gasteiger charge is 2.32. The van der Waals surface area contributed by atoms with E-state index < -0.39 is 12.8 Å². The number of ether oxygens (including phenoxy) is 2. The lowest BCUT2D eigenvalue weighted by atomic mass is 10.2. The summed E-state index contributed by atoms with van der Waals surface area (Å²) in [5.74, 6) is 0.0844. The van der Waals surface area contributed by atoms with Crippen LogP contribution in [0.2, 0.25) is 0 Å². The van der Waals surface area contributed by atoms with Gasteiger partial charge < -0.3 is 9.47 Å². The second-order valence-corrected chi connectivity index (χ2v) is 3.26. The van der Waals surface area contributed by atoms with Crippen LogP contribution in [0.3, 0.4) is 0 Å². The zero-order valence-corrected chi connectivity index (χ0v) is 9.23. The largest absolute Gasteiger partial charge is 0.493 e. The molecule has 0 unspecified atom stereocenters. The third-order valence-electron chi connectivity index (χ3n) is 1.80. The van der Waals surface area contributed by atoms with Gasteiger partial charge in [0.05, 0.1) is 7.11 Å². The predicted molar refractivity (Wildman–Crippen MR) is 54.1 cm³/mol. The van der Waals surface area contributed by atoms with E-state index in [0.717, 1.165) is 0 Å². The number of hydrogen-bond acceptors (Lipinski definition) is 2. The lowest BCUT2D eigenvalue weighted by Gasteiger charge is -2.17. The monoisotopic (exact) mass is 254 g/mol. The first-order valence-electron chi connectivity index (χ1n) is 4.38. The SMILES string of the molecule is COc1cc(CCl)ccc1OC(F)(F)CF. The molecule has 1 aromatic rings. The Morgan fingerprint density at radius 2 is 2.00 bits per heavy atom. The Hall–Kier alpha value is -1.10. The van der Waals surface area contributed by atoms with Crippen molar-refractivity contribution in [3.05, 3.63) is 23.8 Å². The summed E-state index contributed by atoms with van der Waals surface area (Å²) in [6.45, 7) is -1.90. The molecular weight excluding hydrogens is 245 g/mol. The van der Waals surface area contributed by atoms with Crippen molar-refractivity contribution in [2.24, 2.45) is 0 Å². The minimum atomic E-state index is -3.85. The number of halogens is 4. The first-order valence-corrected chi connectivity index (χ1v) is 4.91. The highest BCUT2D eigenvalue weighted by Crippen LogP contribution is 2.32. The van der Waals surface area contributed by atoms with Crippen LogP contribution in [-0.2, 0) is 5.88 Å². The number of hydrogen-bond donors (Lipinski definition) is 0. The van der Waals surface area contributed by atoms with Gasteiger partial charge in [-0.2, -0.15) is 8.78 Å². The highest BCUT2D eigenvalue weighted by molar-refractivity contribution is 6.17. The highest BCUT2D eigenvalue weighted by atomic mass is 35.5. The molecule has 6 heteroatoms. The van der Waals surface area contributed by atoms with Crippen LogP contribution in [0.15, 0.2) is 18.2 Å². The number of rotatable bonds is 5. The average Bonchev–Trinajstić information content (AvgIpc) is 2.29. The zero-order chi connectivity index (χ0) is 12.2. The topological polar surface area (TPSA) is 18.5 Å². The van der Waals surface area contributed by atoms with Gasteiger partial charge in [0.25, 0.3) is 0 Å². The first-order chi connectivity index (χ1) is 7.52. The van der Waals surface area contributed by atoms with Crippen molar-refractivity contribution in [2.45, 2.75) is 12.0 Å². The van der Waals surface area contributed by atoms with E-state index in [1.165, 1.54) is 25.3 Å². The molecule has 0 aliphatic heterocycles. The van der Waals surface area contributed by atoms with Crippen molar-refractivity contribution in [1.82, 2.24) is 0 Å². The van der Waals surface area contributed by atoms with Crippen LogP contribution in [0.25, 0.3) is 0 Å². The van der Waals surface area contributed by atoms with Crippen LogP contribution < -0.4 is 9.47 Å². The number of alkyl halides is 4. The molecular formula is C10H10ClF3O2. The third kappa shape index (κ3) is 3.20. The van der Waals surface area contributed by atoms with Crippen molar-refractivity contribution < 1.29 is 22.6 Å². The van der Waals surface area contributed by atoms with Crippen molar-refractivity contribution in [1.29, 1.82) is 0 Å². The molecule has 0 N–H and O–H groups in total. The second-order valence-electron chi connectivity index (χ2n) is 2.99. The zero-order valence-electron chi connectivity index (χ0n) is 8.47. The maximum absolute atomic E-state index is 12.7. The quantitative estimate of drug-likeness (QED) is 0.750. The predicted octanol–water partition coefficient (Wildman–Crippen LogP) is 3.38. The molecule has 1 aromatic carbocycles. The van der Waals surface area contributed by atoms with Gasteiger partial charge in [-0.15, -0.1) is 11.6 Å². The van der Waals surface area contributed by atoms with E-state index in [1.807, 2.05) is 0 Å². The molecule has 0 spiro atoms. The van der Waals surface area contributed by atoms with Crippen molar-refractivity contribution >= 4 is 11.6 Å². The Morgan fingerprint density at radius 3 is 2.50 bits per heavy atom. The van der Waals surface area contributed by atoms with Crippen LogP contribution in [0, 0.1) is 0 Å². The maximum atomic E-state index is 12.7. The Balaban J connectivity index is 2.96. The number of benzene rings is 1. The summed E-state index contributed by atoms with van der Waals surface area (Å²) in [6, 6.07) is 4.22. The van der Waals surface area contributed by atoms with E-state index in [4.69, 9.17) is 16.3 Å². The van der Waals surface area contributed by atoms with E-state index >= 15 is 0 Å². The average molecular weight is 255 g/mol. The Kier molecular flexibility index (Phi) is 4.29. The van der Waals surface area contributed by atoms with Crippen LogP contribution in [0.4, 0.5) is 13.2 Å². The molecule has 16 heavy (non-hydrogen) atoms. The molecule has 0 fully saturated rings. The van der Waals surface area contributed by atoms with Gasteiger partial charge in [-0.05, 0) is 17.7 Å². The van der Waals surface area contributed by atoms with Crippen LogP contribution in [0.1, 0.15) is 5.56 Å². The molecule has 0 saturated carbocycles. The standard InChI is InChI=1S/C10H10ClF3O2/c1-15-9-4-7(5-11)2-3-8(9)16-10(13,14)6-12/h2-4H,5-6H2,1H3. The van der Waals surface area contributed by atoms with E-state index in [0.29, 0.717) is 5.56 Å². The lowest BCUT2D eigenvalue weighted by Crippen LogP contribution is -2.27. The molecule has 90 valence electrons. The number of methoxy groups -OCH3 is 1. The van der Waals surface area contributed by atoms with Gasteiger partial charge >= 0.3 is 6.11 Å². The van der Waals surface area contributed by atoms with E-state index in [1.54, 1.807) is 0 Å². The molecule has 0 radical (unpaired) electrons. The Labute approximate surface area is 95.9 Å². The fraction of sp³-hybridized carbons (Fsp3) is 0.400. The van der Waals surface area contributed by atoms with Crippen LogP contribution in [-0.4, -0.2) is 19.9 Å². The summed E-state index contributed by atoms with van der Waals surface area (Å²) in [4.78, 5) is 0. The first kappa shape index (κ1) is 13.0. The van der Waals surface area contributed by atoms with Crippen molar-refractivity contribution in [2.75, 3.05) is 13.8 Å². The van der Waals surface area contributed by atoms with Gasteiger partial charge in [-0.1, -0.05) is 6.07 Å². The Bertz CT molecular complexity index is 358. The summed E-state index contributed by atoms with van der Waals surface area (Å²) >= 11 is 5.56. The summed E-state index contributed by atoms with van der Waals surface area (Å²) in [5, 5.41) is 0. The Morgan fingerprint density at radius 1 is 1.31 bits per heavy atom. The smallest absolute Gasteiger partial charge is 0.427 e. The summed E-state index contributed by atoms with van der Waals surface area (Å²) in [5.41, 5.74) is 0.689. The third-order valence-corrected chi connectivity index (χ3v) is 2.11. The molecule has 0 atom stereocenters.